The standard InChI is InChI=1S/C14H13BrF2N2OS/c1-2-19(7-8-3-4-13(15)21-8)14(20)9-5-12(18)11(17)6-10(9)16/h3-6H,2,7,18H2,1H3. The summed E-state index contributed by atoms with van der Waals surface area (Å²) < 4.78 is 27.9. The highest BCUT2D eigenvalue weighted by Crippen LogP contribution is 2.24. The molecule has 0 aliphatic heterocycles. The van der Waals surface area contributed by atoms with Crippen LogP contribution in [-0.2, 0) is 6.54 Å². The van der Waals surface area contributed by atoms with E-state index in [9.17, 15) is 13.6 Å². The fourth-order valence-electron chi connectivity index (χ4n) is 1.85. The van der Waals surface area contributed by atoms with Crippen LogP contribution in [0.15, 0.2) is 28.1 Å². The molecular formula is C14H13BrF2N2OS. The average molecular weight is 375 g/mol. The number of carbonyl (C=O) groups excluding carboxylic acids is 1. The molecule has 3 nitrogen and oxygen atoms in total. The van der Waals surface area contributed by atoms with Crippen LogP contribution in [0, 0.1) is 11.6 Å². The number of benzene rings is 1. The van der Waals surface area contributed by atoms with Gasteiger partial charge < -0.3 is 10.6 Å². The monoisotopic (exact) mass is 374 g/mol. The van der Waals surface area contributed by atoms with Crippen LogP contribution >= 0.6 is 27.3 Å². The van der Waals surface area contributed by atoms with Gasteiger partial charge in [-0.1, -0.05) is 0 Å². The Morgan fingerprint density at radius 3 is 2.62 bits per heavy atom. The number of amides is 1. The number of hydrogen-bond donors (Lipinski definition) is 1. The third-order valence-electron chi connectivity index (χ3n) is 2.96. The molecule has 1 aromatic carbocycles. The van der Waals surface area contributed by atoms with Crippen molar-refractivity contribution >= 4 is 38.9 Å². The number of carbonyl (C=O) groups is 1. The Kier molecular flexibility index (Phi) is 4.95. The molecule has 2 rings (SSSR count). The quantitative estimate of drug-likeness (QED) is 0.821. The summed E-state index contributed by atoms with van der Waals surface area (Å²) in [6, 6.07) is 5.45. The van der Waals surface area contributed by atoms with Gasteiger partial charge in [0.15, 0.2) is 0 Å². The van der Waals surface area contributed by atoms with Gasteiger partial charge in [0.2, 0.25) is 0 Å². The molecule has 112 valence electrons. The van der Waals surface area contributed by atoms with Crippen LogP contribution in [0.3, 0.4) is 0 Å². The van der Waals surface area contributed by atoms with Crippen LogP contribution in [0.25, 0.3) is 0 Å². The third kappa shape index (κ3) is 3.59. The lowest BCUT2D eigenvalue weighted by Gasteiger charge is -2.20. The van der Waals surface area contributed by atoms with Crippen molar-refractivity contribution in [1.82, 2.24) is 4.90 Å². The normalized spacial score (nSPS) is 10.7. The van der Waals surface area contributed by atoms with Crippen molar-refractivity contribution in [2.75, 3.05) is 12.3 Å². The molecule has 0 fully saturated rings. The minimum absolute atomic E-state index is 0.216. The predicted octanol–water partition coefficient (Wildman–Crippen LogP) is 4.03. The molecule has 0 radical (unpaired) electrons. The maximum absolute atomic E-state index is 13.8. The highest BCUT2D eigenvalue weighted by molar-refractivity contribution is 9.11. The topological polar surface area (TPSA) is 46.3 Å². The summed E-state index contributed by atoms with van der Waals surface area (Å²) in [5.41, 5.74) is 4.95. The lowest BCUT2D eigenvalue weighted by atomic mass is 10.1. The zero-order valence-electron chi connectivity index (χ0n) is 11.2. The lowest BCUT2D eigenvalue weighted by molar-refractivity contribution is 0.0749. The number of nitrogens with zero attached hydrogens (tertiary/aromatic N) is 1. The van der Waals surface area contributed by atoms with Crippen molar-refractivity contribution in [2.45, 2.75) is 13.5 Å². The van der Waals surface area contributed by atoms with Crippen molar-refractivity contribution in [2.24, 2.45) is 0 Å². The first-order valence-corrected chi connectivity index (χ1v) is 7.81. The van der Waals surface area contributed by atoms with Crippen molar-refractivity contribution < 1.29 is 13.6 Å². The molecule has 7 heteroatoms. The summed E-state index contributed by atoms with van der Waals surface area (Å²) in [5.74, 6) is -2.28. The zero-order valence-corrected chi connectivity index (χ0v) is 13.6. The fraction of sp³-hybridized carbons (Fsp3) is 0.214. The third-order valence-corrected chi connectivity index (χ3v) is 4.57. The first kappa shape index (κ1) is 15.9. The van der Waals surface area contributed by atoms with E-state index < -0.39 is 17.5 Å². The number of anilines is 1. The second-order valence-corrected chi connectivity index (χ2v) is 6.93. The van der Waals surface area contributed by atoms with Gasteiger partial charge in [0.1, 0.15) is 11.6 Å². The predicted molar refractivity (Wildman–Crippen MR) is 83.2 cm³/mol. The smallest absolute Gasteiger partial charge is 0.257 e. The van der Waals surface area contributed by atoms with E-state index in [2.05, 4.69) is 15.9 Å². The van der Waals surface area contributed by atoms with Gasteiger partial charge >= 0.3 is 0 Å². The molecule has 0 aliphatic carbocycles. The summed E-state index contributed by atoms with van der Waals surface area (Å²) >= 11 is 4.85. The number of halogens is 3. The van der Waals surface area contributed by atoms with Gasteiger partial charge in [-0.25, -0.2) is 8.78 Å². The largest absolute Gasteiger partial charge is 0.396 e. The first-order chi connectivity index (χ1) is 9.92. The lowest BCUT2D eigenvalue weighted by Crippen LogP contribution is -2.30. The Morgan fingerprint density at radius 2 is 2.05 bits per heavy atom. The average Bonchev–Trinajstić information content (AvgIpc) is 2.85. The highest BCUT2D eigenvalue weighted by atomic mass is 79.9. The molecule has 0 aliphatic rings. The number of rotatable bonds is 4. The molecule has 0 saturated carbocycles. The molecule has 0 saturated heterocycles. The van der Waals surface area contributed by atoms with E-state index in [-0.39, 0.29) is 11.3 Å². The summed E-state index contributed by atoms with van der Waals surface area (Å²) in [4.78, 5) is 14.8. The summed E-state index contributed by atoms with van der Waals surface area (Å²) in [5, 5.41) is 0. The van der Waals surface area contributed by atoms with Gasteiger partial charge in [0.25, 0.3) is 5.91 Å². The Labute approximate surface area is 133 Å². The van der Waals surface area contributed by atoms with Crippen molar-refractivity contribution in [3.63, 3.8) is 0 Å². The van der Waals surface area contributed by atoms with Gasteiger partial charge in [-0.2, -0.15) is 0 Å². The van der Waals surface area contributed by atoms with Crippen LogP contribution < -0.4 is 5.73 Å². The molecule has 2 N–H and O–H groups in total. The van der Waals surface area contributed by atoms with E-state index in [1.807, 2.05) is 12.1 Å². The Morgan fingerprint density at radius 1 is 1.33 bits per heavy atom. The number of thiophene rings is 1. The molecule has 0 bridgehead atoms. The SMILES string of the molecule is CCN(Cc1ccc(Br)s1)C(=O)c1cc(N)c(F)cc1F. The first-order valence-electron chi connectivity index (χ1n) is 6.20. The van der Waals surface area contributed by atoms with Crippen LogP contribution in [0.5, 0.6) is 0 Å². The molecule has 0 unspecified atom stereocenters. The number of hydrogen-bond acceptors (Lipinski definition) is 3. The minimum Gasteiger partial charge on any atom is -0.396 e. The minimum atomic E-state index is -0.905. The molecule has 2 aromatic rings. The van der Waals surface area contributed by atoms with Gasteiger partial charge in [0, 0.05) is 17.5 Å². The second kappa shape index (κ2) is 6.53. The fourth-order valence-corrected chi connectivity index (χ4v) is 3.35. The Hall–Kier alpha value is -1.47. The summed E-state index contributed by atoms with van der Waals surface area (Å²) in [6.45, 7) is 2.57. The van der Waals surface area contributed by atoms with Crippen molar-refractivity contribution in [3.8, 4) is 0 Å². The van der Waals surface area contributed by atoms with E-state index in [0.29, 0.717) is 19.2 Å². The van der Waals surface area contributed by atoms with E-state index in [1.165, 1.54) is 16.2 Å². The van der Waals surface area contributed by atoms with Gasteiger partial charge in [-0.05, 0) is 41.1 Å². The Bertz CT molecular complexity index is 675. The van der Waals surface area contributed by atoms with Crippen LogP contribution in [0.4, 0.5) is 14.5 Å². The number of nitrogens with two attached hydrogens (primary N) is 1. The van der Waals surface area contributed by atoms with E-state index in [4.69, 9.17) is 5.73 Å². The Balaban J connectivity index is 2.26. The van der Waals surface area contributed by atoms with E-state index in [1.54, 1.807) is 6.92 Å². The highest BCUT2D eigenvalue weighted by Gasteiger charge is 2.20. The van der Waals surface area contributed by atoms with Crippen LogP contribution in [0.2, 0.25) is 0 Å². The molecule has 21 heavy (non-hydrogen) atoms. The summed E-state index contributed by atoms with van der Waals surface area (Å²) in [6.07, 6.45) is 0. The molecule has 1 aromatic heterocycles. The molecular weight excluding hydrogens is 362 g/mol. The zero-order chi connectivity index (χ0) is 15.6. The number of nitrogen functional groups attached to an aromatic ring is 1. The maximum Gasteiger partial charge on any atom is 0.257 e. The van der Waals surface area contributed by atoms with E-state index in [0.717, 1.165) is 14.7 Å². The molecule has 1 heterocycles. The van der Waals surface area contributed by atoms with Crippen molar-refractivity contribution in [3.05, 3.63) is 50.1 Å². The summed E-state index contributed by atoms with van der Waals surface area (Å²) in [7, 11) is 0. The molecule has 1 amide bonds. The van der Waals surface area contributed by atoms with Crippen LogP contribution in [0.1, 0.15) is 22.2 Å². The molecule has 0 spiro atoms. The van der Waals surface area contributed by atoms with Crippen molar-refractivity contribution in [1.29, 1.82) is 0 Å². The van der Waals surface area contributed by atoms with Gasteiger partial charge in [-0.15, -0.1) is 11.3 Å². The van der Waals surface area contributed by atoms with E-state index >= 15 is 0 Å². The van der Waals surface area contributed by atoms with Gasteiger partial charge in [-0.3, -0.25) is 4.79 Å². The molecule has 0 atom stereocenters. The second-order valence-electron chi connectivity index (χ2n) is 4.38. The maximum atomic E-state index is 13.8. The van der Waals surface area contributed by atoms with Gasteiger partial charge in [0.05, 0.1) is 21.6 Å². The van der Waals surface area contributed by atoms with Crippen LogP contribution in [-0.4, -0.2) is 17.4 Å².